The molecule has 0 spiro atoms. The van der Waals surface area contributed by atoms with Gasteiger partial charge in [-0.05, 0) is 56.3 Å². The second kappa shape index (κ2) is 7.85. The maximum atomic E-state index is 12.8. The molecule has 3 aromatic rings. The van der Waals surface area contributed by atoms with Gasteiger partial charge in [0.15, 0.2) is 0 Å². The molecular formula is C24H21N3O2S. The minimum atomic E-state index is -0.244. The van der Waals surface area contributed by atoms with Crippen molar-refractivity contribution in [3.05, 3.63) is 75.8 Å². The Morgan fingerprint density at radius 1 is 1.10 bits per heavy atom. The number of carbonyl (C=O) groups is 2. The first-order valence-electron chi connectivity index (χ1n) is 9.75. The third-order valence-corrected chi connectivity index (χ3v) is 6.25. The number of hydrogen-bond acceptors (Lipinski definition) is 4. The Morgan fingerprint density at radius 2 is 1.80 bits per heavy atom. The second-order valence-electron chi connectivity index (χ2n) is 7.52. The summed E-state index contributed by atoms with van der Waals surface area (Å²) in [5, 5.41) is 10.2. The zero-order valence-electron chi connectivity index (χ0n) is 17.0. The average molecular weight is 416 g/mol. The van der Waals surface area contributed by atoms with E-state index in [4.69, 9.17) is 0 Å². The first kappa shape index (κ1) is 20.0. The number of imide groups is 1. The van der Waals surface area contributed by atoms with Gasteiger partial charge in [0.2, 0.25) is 0 Å². The fourth-order valence-electron chi connectivity index (χ4n) is 3.84. The van der Waals surface area contributed by atoms with Crippen LogP contribution in [0, 0.1) is 18.3 Å². The summed E-state index contributed by atoms with van der Waals surface area (Å²) in [5.41, 5.74) is 4.52. The number of nitrogens with zero attached hydrogens (tertiary/aromatic N) is 3. The Morgan fingerprint density at radius 3 is 2.50 bits per heavy atom. The smallest absolute Gasteiger partial charge is 0.293 e. The summed E-state index contributed by atoms with van der Waals surface area (Å²) in [4.78, 5) is 26.8. The summed E-state index contributed by atoms with van der Waals surface area (Å²) >= 11 is 0.988. The Balaban J connectivity index is 1.83. The van der Waals surface area contributed by atoms with Crippen molar-refractivity contribution in [2.75, 3.05) is 0 Å². The van der Waals surface area contributed by atoms with E-state index in [1.54, 1.807) is 0 Å². The average Bonchev–Trinajstić information content (AvgIpc) is 3.16. The molecule has 0 aliphatic carbocycles. The van der Waals surface area contributed by atoms with Crippen molar-refractivity contribution in [2.24, 2.45) is 0 Å². The highest BCUT2D eigenvalue weighted by molar-refractivity contribution is 8.18. The van der Waals surface area contributed by atoms with E-state index in [9.17, 15) is 14.9 Å². The van der Waals surface area contributed by atoms with Crippen molar-refractivity contribution in [3.63, 3.8) is 0 Å². The molecule has 1 aromatic heterocycles. The first-order valence-corrected chi connectivity index (χ1v) is 10.6. The lowest BCUT2D eigenvalue weighted by Gasteiger charge is -2.16. The van der Waals surface area contributed by atoms with Crippen molar-refractivity contribution in [2.45, 2.75) is 33.4 Å². The Kier molecular flexibility index (Phi) is 5.23. The van der Waals surface area contributed by atoms with Crippen LogP contribution in [0.4, 0.5) is 4.79 Å². The highest BCUT2D eigenvalue weighted by Crippen LogP contribution is 2.36. The predicted octanol–water partition coefficient (Wildman–Crippen LogP) is 5.31. The Bertz CT molecular complexity index is 1250. The number of hydrogen-bond donors (Lipinski definition) is 0. The van der Waals surface area contributed by atoms with Gasteiger partial charge in [0.05, 0.1) is 16.5 Å². The molecule has 0 atom stereocenters. The van der Waals surface area contributed by atoms with Crippen LogP contribution in [-0.2, 0) is 11.3 Å². The van der Waals surface area contributed by atoms with E-state index in [0.29, 0.717) is 17.0 Å². The standard InChI is InChI=1S/C24H21N3O2S/c1-15(2)27-23(28)22(30-24(27)29)12-20-16(3)26(21-11-7-6-10-19(20)21)14-18-9-5-4-8-17(18)13-25/h4-12,15H,14H2,1-3H3/b22-12-. The zero-order chi connectivity index (χ0) is 21.4. The quantitative estimate of drug-likeness (QED) is 0.541. The number of para-hydroxylation sites is 1. The monoisotopic (exact) mass is 415 g/mol. The molecule has 30 heavy (non-hydrogen) atoms. The van der Waals surface area contributed by atoms with Crippen LogP contribution in [0.3, 0.4) is 0 Å². The van der Waals surface area contributed by atoms with Gasteiger partial charge in [-0.25, -0.2) is 0 Å². The summed E-state index contributed by atoms with van der Waals surface area (Å²) in [6.07, 6.45) is 1.83. The van der Waals surface area contributed by atoms with E-state index < -0.39 is 0 Å². The Hall–Kier alpha value is -3.30. The van der Waals surface area contributed by atoms with Crippen LogP contribution in [-0.4, -0.2) is 26.7 Å². The normalized spacial score (nSPS) is 15.6. The van der Waals surface area contributed by atoms with E-state index in [-0.39, 0.29) is 17.2 Å². The van der Waals surface area contributed by atoms with E-state index >= 15 is 0 Å². The largest absolute Gasteiger partial charge is 0.340 e. The third kappa shape index (κ3) is 3.31. The van der Waals surface area contributed by atoms with E-state index in [2.05, 4.69) is 10.6 Å². The second-order valence-corrected chi connectivity index (χ2v) is 8.51. The molecule has 0 radical (unpaired) electrons. The van der Waals surface area contributed by atoms with Gasteiger partial charge in [0.25, 0.3) is 11.1 Å². The van der Waals surface area contributed by atoms with Gasteiger partial charge in [-0.15, -0.1) is 0 Å². The number of fused-ring (bicyclic) bond motifs is 1. The fourth-order valence-corrected chi connectivity index (χ4v) is 4.78. The number of carbonyl (C=O) groups excluding carboxylic acids is 2. The molecule has 2 amide bonds. The zero-order valence-corrected chi connectivity index (χ0v) is 17.9. The number of aromatic nitrogens is 1. The van der Waals surface area contributed by atoms with Gasteiger partial charge in [0, 0.05) is 34.7 Å². The molecule has 1 aliphatic rings. The lowest BCUT2D eigenvalue weighted by molar-refractivity contribution is -0.123. The van der Waals surface area contributed by atoms with Gasteiger partial charge in [0.1, 0.15) is 0 Å². The van der Waals surface area contributed by atoms with Crippen molar-refractivity contribution >= 4 is 39.9 Å². The lowest BCUT2D eigenvalue weighted by atomic mass is 10.1. The van der Waals surface area contributed by atoms with Crippen LogP contribution in [0.25, 0.3) is 17.0 Å². The van der Waals surface area contributed by atoms with Gasteiger partial charge in [-0.2, -0.15) is 5.26 Å². The van der Waals surface area contributed by atoms with Crippen LogP contribution < -0.4 is 0 Å². The van der Waals surface area contributed by atoms with Crippen LogP contribution >= 0.6 is 11.8 Å². The molecule has 6 heteroatoms. The van der Waals surface area contributed by atoms with Crippen molar-refractivity contribution in [1.82, 2.24) is 9.47 Å². The summed E-state index contributed by atoms with van der Waals surface area (Å²) in [6, 6.07) is 17.7. The topological polar surface area (TPSA) is 66.1 Å². The molecule has 4 rings (SSSR count). The molecule has 0 saturated carbocycles. The highest BCUT2D eigenvalue weighted by Gasteiger charge is 2.37. The fraction of sp³-hybridized carbons (Fsp3) is 0.208. The maximum Gasteiger partial charge on any atom is 0.293 e. The Labute approximate surface area is 179 Å². The van der Waals surface area contributed by atoms with E-state index in [1.165, 1.54) is 4.90 Å². The van der Waals surface area contributed by atoms with Crippen molar-refractivity contribution in [3.8, 4) is 6.07 Å². The van der Waals surface area contributed by atoms with Crippen molar-refractivity contribution in [1.29, 1.82) is 5.26 Å². The summed E-state index contributed by atoms with van der Waals surface area (Å²) < 4.78 is 2.16. The number of rotatable bonds is 4. The molecular weight excluding hydrogens is 394 g/mol. The molecule has 5 nitrogen and oxygen atoms in total. The minimum absolute atomic E-state index is 0.173. The summed E-state index contributed by atoms with van der Waals surface area (Å²) in [7, 11) is 0. The third-order valence-electron chi connectivity index (χ3n) is 5.36. The summed E-state index contributed by atoms with van der Waals surface area (Å²) in [5.74, 6) is -0.244. The minimum Gasteiger partial charge on any atom is -0.340 e. The SMILES string of the molecule is Cc1c(/C=C2\SC(=O)N(C(C)C)C2=O)c2ccccc2n1Cc1ccccc1C#N. The maximum absolute atomic E-state index is 12.8. The van der Waals surface area contributed by atoms with Gasteiger partial charge in [-0.1, -0.05) is 36.4 Å². The van der Waals surface area contributed by atoms with Crippen molar-refractivity contribution < 1.29 is 9.59 Å². The molecule has 150 valence electrons. The molecule has 2 aromatic carbocycles. The van der Waals surface area contributed by atoms with Crippen LogP contribution in [0.15, 0.2) is 53.4 Å². The lowest BCUT2D eigenvalue weighted by Crippen LogP contribution is -2.34. The summed E-state index contributed by atoms with van der Waals surface area (Å²) in [6.45, 7) is 6.23. The van der Waals surface area contributed by atoms with Crippen LogP contribution in [0.1, 0.15) is 36.2 Å². The van der Waals surface area contributed by atoms with Gasteiger partial charge < -0.3 is 4.57 Å². The number of thioether (sulfide) groups is 1. The number of benzene rings is 2. The molecule has 1 fully saturated rings. The molecule has 1 saturated heterocycles. The highest BCUT2D eigenvalue weighted by atomic mass is 32.2. The van der Waals surface area contributed by atoms with Gasteiger partial charge >= 0.3 is 0 Å². The van der Waals surface area contributed by atoms with E-state index in [0.717, 1.165) is 39.5 Å². The molecule has 1 aliphatic heterocycles. The van der Waals surface area contributed by atoms with Crippen LogP contribution in [0.5, 0.6) is 0 Å². The number of nitriles is 1. The molecule has 0 bridgehead atoms. The van der Waals surface area contributed by atoms with Crippen LogP contribution in [0.2, 0.25) is 0 Å². The van der Waals surface area contributed by atoms with Gasteiger partial charge in [-0.3, -0.25) is 14.5 Å². The molecule has 2 heterocycles. The number of amides is 2. The first-order chi connectivity index (χ1) is 14.4. The molecule has 0 N–H and O–H groups in total. The predicted molar refractivity (Wildman–Crippen MR) is 120 cm³/mol. The van der Waals surface area contributed by atoms with E-state index in [1.807, 2.05) is 75.4 Å². The molecule has 0 unspecified atom stereocenters.